The normalized spacial score (nSPS) is 17.3. The van der Waals surface area contributed by atoms with Crippen molar-refractivity contribution in [2.45, 2.75) is 57.4 Å². The van der Waals surface area contributed by atoms with Crippen LogP contribution in [0, 0.1) is 0 Å². The molecular weight excluding hydrogens is 364 g/mol. The first-order valence-corrected chi connectivity index (χ1v) is 11.3. The SMILES string of the molecule is CCCNc1ccc(S(=O)(=O)N(CC)CC)cc1NC(=O)CC1CCCN1. The number of amides is 1. The monoisotopic (exact) mass is 396 g/mol. The van der Waals surface area contributed by atoms with Crippen LogP contribution in [0.25, 0.3) is 0 Å². The number of rotatable bonds is 10. The van der Waals surface area contributed by atoms with E-state index in [2.05, 4.69) is 22.9 Å². The third-order valence-corrected chi connectivity index (χ3v) is 6.81. The lowest BCUT2D eigenvalue weighted by atomic mass is 10.1. The first-order chi connectivity index (χ1) is 12.9. The summed E-state index contributed by atoms with van der Waals surface area (Å²) in [5.41, 5.74) is 1.25. The highest BCUT2D eigenvalue weighted by Gasteiger charge is 2.24. The number of sulfonamides is 1. The minimum atomic E-state index is -3.58. The average Bonchev–Trinajstić information content (AvgIpc) is 3.14. The Morgan fingerprint density at radius 3 is 2.56 bits per heavy atom. The van der Waals surface area contributed by atoms with Gasteiger partial charge in [-0.25, -0.2) is 8.42 Å². The van der Waals surface area contributed by atoms with Crippen molar-refractivity contribution in [1.29, 1.82) is 0 Å². The van der Waals surface area contributed by atoms with Crippen molar-refractivity contribution in [2.24, 2.45) is 0 Å². The Kier molecular flexibility index (Phi) is 8.07. The molecule has 1 aromatic carbocycles. The second-order valence-electron chi connectivity index (χ2n) is 6.77. The van der Waals surface area contributed by atoms with E-state index in [0.717, 1.165) is 38.0 Å². The molecule has 0 aromatic heterocycles. The van der Waals surface area contributed by atoms with Gasteiger partial charge in [-0.1, -0.05) is 20.8 Å². The third kappa shape index (κ3) is 5.67. The zero-order valence-electron chi connectivity index (χ0n) is 16.5. The van der Waals surface area contributed by atoms with Crippen LogP contribution in [0.5, 0.6) is 0 Å². The number of nitrogens with one attached hydrogen (secondary N) is 3. The van der Waals surface area contributed by atoms with Gasteiger partial charge in [-0.2, -0.15) is 4.31 Å². The van der Waals surface area contributed by atoms with Gasteiger partial charge < -0.3 is 16.0 Å². The number of hydrogen-bond donors (Lipinski definition) is 3. The molecule has 0 saturated carbocycles. The molecule has 0 spiro atoms. The Labute approximate surface area is 163 Å². The van der Waals surface area contributed by atoms with Gasteiger partial charge in [0.1, 0.15) is 0 Å². The molecule has 152 valence electrons. The summed E-state index contributed by atoms with van der Waals surface area (Å²) in [4.78, 5) is 12.7. The Bertz CT molecular complexity index is 726. The van der Waals surface area contributed by atoms with Crippen molar-refractivity contribution in [1.82, 2.24) is 9.62 Å². The molecule has 1 aliphatic rings. The molecule has 0 radical (unpaired) electrons. The Morgan fingerprint density at radius 1 is 1.22 bits per heavy atom. The van der Waals surface area contributed by atoms with Crippen molar-refractivity contribution < 1.29 is 13.2 Å². The van der Waals surface area contributed by atoms with Crippen molar-refractivity contribution in [2.75, 3.05) is 36.8 Å². The molecule has 1 fully saturated rings. The maximum absolute atomic E-state index is 12.8. The molecule has 8 heteroatoms. The van der Waals surface area contributed by atoms with E-state index >= 15 is 0 Å². The van der Waals surface area contributed by atoms with E-state index in [9.17, 15) is 13.2 Å². The summed E-state index contributed by atoms with van der Waals surface area (Å²) in [5.74, 6) is -0.105. The number of anilines is 2. The van der Waals surface area contributed by atoms with Crippen LogP contribution >= 0.6 is 0 Å². The summed E-state index contributed by atoms with van der Waals surface area (Å²) in [7, 11) is -3.58. The summed E-state index contributed by atoms with van der Waals surface area (Å²) in [5, 5.41) is 9.48. The molecule has 1 heterocycles. The molecule has 7 nitrogen and oxygen atoms in total. The van der Waals surface area contributed by atoms with Crippen LogP contribution in [0.4, 0.5) is 11.4 Å². The fraction of sp³-hybridized carbons (Fsp3) is 0.632. The van der Waals surface area contributed by atoms with Crippen molar-refractivity contribution in [3.05, 3.63) is 18.2 Å². The van der Waals surface area contributed by atoms with Crippen LogP contribution in [0.1, 0.15) is 46.5 Å². The third-order valence-electron chi connectivity index (χ3n) is 4.77. The average molecular weight is 397 g/mol. The summed E-state index contributed by atoms with van der Waals surface area (Å²) in [6.07, 6.45) is 3.39. The van der Waals surface area contributed by atoms with E-state index in [4.69, 9.17) is 0 Å². The minimum absolute atomic E-state index is 0.105. The number of hydrogen-bond acceptors (Lipinski definition) is 5. The van der Waals surface area contributed by atoms with Crippen LogP contribution in [0.2, 0.25) is 0 Å². The maximum Gasteiger partial charge on any atom is 0.243 e. The predicted octanol–water partition coefficient (Wildman–Crippen LogP) is 2.62. The molecule has 2 rings (SSSR count). The summed E-state index contributed by atoms with van der Waals surface area (Å²) in [6.45, 7) is 8.18. The van der Waals surface area contributed by atoms with Gasteiger partial charge in [-0.15, -0.1) is 0 Å². The van der Waals surface area contributed by atoms with E-state index in [1.165, 1.54) is 4.31 Å². The second-order valence-corrected chi connectivity index (χ2v) is 8.71. The fourth-order valence-corrected chi connectivity index (χ4v) is 4.75. The summed E-state index contributed by atoms with van der Waals surface area (Å²) < 4.78 is 27.1. The highest BCUT2D eigenvalue weighted by atomic mass is 32.2. The predicted molar refractivity (Wildman–Crippen MR) is 110 cm³/mol. The van der Waals surface area contributed by atoms with E-state index in [1.54, 1.807) is 18.2 Å². The van der Waals surface area contributed by atoms with Crippen molar-refractivity contribution in [3.8, 4) is 0 Å². The topological polar surface area (TPSA) is 90.5 Å². The van der Waals surface area contributed by atoms with Gasteiger partial charge in [0, 0.05) is 32.1 Å². The molecule has 3 N–H and O–H groups in total. The maximum atomic E-state index is 12.8. The van der Waals surface area contributed by atoms with E-state index in [-0.39, 0.29) is 16.8 Å². The second kappa shape index (κ2) is 10.1. The van der Waals surface area contributed by atoms with Gasteiger partial charge in [-0.05, 0) is 44.0 Å². The van der Waals surface area contributed by atoms with Gasteiger partial charge in [0.15, 0.2) is 0 Å². The number of benzene rings is 1. The van der Waals surface area contributed by atoms with Gasteiger partial charge >= 0.3 is 0 Å². The largest absolute Gasteiger partial charge is 0.383 e. The highest BCUT2D eigenvalue weighted by Crippen LogP contribution is 2.28. The summed E-state index contributed by atoms with van der Waals surface area (Å²) in [6, 6.07) is 5.08. The molecule has 1 aromatic rings. The van der Waals surface area contributed by atoms with Gasteiger partial charge in [0.05, 0.1) is 16.3 Å². The zero-order chi connectivity index (χ0) is 19.9. The van der Waals surface area contributed by atoms with Crippen LogP contribution in [-0.2, 0) is 14.8 Å². The van der Waals surface area contributed by atoms with Crippen LogP contribution in [-0.4, -0.2) is 50.9 Å². The lowest BCUT2D eigenvalue weighted by Crippen LogP contribution is -2.31. The first kappa shape index (κ1) is 21.7. The van der Waals surface area contributed by atoms with Crippen molar-refractivity contribution in [3.63, 3.8) is 0 Å². The molecule has 0 aliphatic carbocycles. The van der Waals surface area contributed by atoms with Crippen LogP contribution in [0.3, 0.4) is 0 Å². The fourth-order valence-electron chi connectivity index (χ4n) is 3.27. The summed E-state index contributed by atoms with van der Waals surface area (Å²) >= 11 is 0. The Hall–Kier alpha value is -1.64. The molecule has 0 bridgehead atoms. The number of carbonyl (C=O) groups excluding carboxylic acids is 1. The molecule has 27 heavy (non-hydrogen) atoms. The van der Waals surface area contributed by atoms with Crippen LogP contribution in [0.15, 0.2) is 23.1 Å². The lowest BCUT2D eigenvalue weighted by molar-refractivity contribution is -0.116. The molecular formula is C19H32N4O3S. The molecule has 1 amide bonds. The number of nitrogens with zero attached hydrogens (tertiary/aromatic N) is 1. The van der Waals surface area contributed by atoms with Crippen molar-refractivity contribution >= 4 is 27.3 Å². The smallest absolute Gasteiger partial charge is 0.243 e. The number of carbonyl (C=O) groups is 1. The first-order valence-electron chi connectivity index (χ1n) is 9.83. The molecule has 1 atom stereocenters. The standard InChI is InChI=1S/C19H32N4O3S/c1-4-11-21-17-10-9-16(27(25,26)23(5-2)6-3)14-18(17)22-19(24)13-15-8-7-12-20-15/h9-10,14-15,20-21H,4-8,11-13H2,1-3H3,(H,22,24). The van der Waals surface area contributed by atoms with Gasteiger partial charge in [0.2, 0.25) is 15.9 Å². The van der Waals surface area contributed by atoms with E-state index in [1.807, 2.05) is 13.8 Å². The van der Waals surface area contributed by atoms with Gasteiger partial charge in [0.25, 0.3) is 0 Å². The zero-order valence-corrected chi connectivity index (χ0v) is 17.4. The van der Waals surface area contributed by atoms with E-state index < -0.39 is 10.0 Å². The molecule has 1 unspecified atom stereocenters. The highest BCUT2D eigenvalue weighted by molar-refractivity contribution is 7.89. The quantitative estimate of drug-likeness (QED) is 0.566. The molecule has 1 aliphatic heterocycles. The molecule has 1 saturated heterocycles. The Balaban J connectivity index is 2.26. The minimum Gasteiger partial charge on any atom is -0.383 e. The Morgan fingerprint density at radius 2 is 1.96 bits per heavy atom. The lowest BCUT2D eigenvalue weighted by Gasteiger charge is -2.20. The van der Waals surface area contributed by atoms with Gasteiger partial charge in [-0.3, -0.25) is 4.79 Å². The van der Waals surface area contributed by atoms with E-state index in [0.29, 0.717) is 25.2 Å². The van der Waals surface area contributed by atoms with Crippen LogP contribution < -0.4 is 16.0 Å².